The smallest absolute Gasteiger partial charge is 0.226 e. The van der Waals surface area contributed by atoms with Gasteiger partial charge in [0, 0.05) is 0 Å². The first-order chi connectivity index (χ1) is 15.7. The van der Waals surface area contributed by atoms with E-state index in [0.29, 0.717) is 48.0 Å². The van der Waals surface area contributed by atoms with Crippen LogP contribution in [0.4, 0.5) is 0 Å². The monoisotopic (exact) mass is 432 g/mol. The zero-order chi connectivity index (χ0) is 22.8. The van der Waals surface area contributed by atoms with Gasteiger partial charge in [0.1, 0.15) is 6.33 Å². The summed E-state index contributed by atoms with van der Waals surface area (Å²) in [5.41, 5.74) is 2.00. The van der Waals surface area contributed by atoms with Crippen LogP contribution in [0, 0.1) is 0 Å². The van der Waals surface area contributed by atoms with Crippen LogP contribution in [0.15, 0.2) is 60.9 Å². The molecule has 3 aromatic rings. The number of hydrogen-bond donors (Lipinski definition) is 0. The summed E-state index contributed by atoms with van der Waals surface area (Å²) >= 11 is 0. The van der Waals surface area contributed by atoms with Gasteiger partial charge in [-0.25, -0.2) is 9.97 Å². The first kappa shape index (κ1) is 22.9. The Morgan fingerprint density at radius 2 is 1.12 bits per heavy atom. The van der Waals surface area contributed by atoms with E-state index in [9.17, 15) is 0 Å². The topological polar surface area (TPSA) is 62.7 Å². The van der Waals surface area contributed by atoms with Crippen molar-refractivity contribution >= 4 is 12.2 Å². The Morgan fingerprint density at radius 1 is 0.656 bits per heavy atom. The van der Waals surface area contributed by atoms with E-state index in [1.165, 1.54) is 6.33 Å². The van der Waals surface area contributed by atoms with Crippen LogP contribution in [0.2, 0.25) is 0 Å². The lowest BCUT2D eigenvalue weighted by Crippen LogP contribution is -1.98. The molecule has 166 valence electrons. The fraction of sp³-hybridized carbons (Fsp3) is 0.231. The first-order valence-corrected chi connectivity index (χ1v) is 10.6. The molecule has 0 atom stereocenters. The fourth-order valence-corrected chi connectivity index (χ4v) is 3.01. The van der Waals surface area contributed by atoms with E-state index in [2.05, 4.69) is 9.97 Å². The van der Waals surface area contributed by atoms with Gasteiger partial charge in [0.2, 0.25) is 11.8 Å². The Balaban J connectivity index is 1.88. The maximum absolute atomic E-state index is 6.04. The predicted octanol–water partition coefficient (Wildman–Crippen LogP) is 6.92. The molecule has 1 heterocycles. The van der Waals surface area contributed by atoms with E-state index in [4.69, 9.17) is 18.9 Å². The summed E-state index contributed by atoms with van der Waals surface area (Å²) in [6.45, 7) is 8.84. The Labute approximate surface area is 189 Å². The molecule has 2 aromatic carbocycles. The molecule has 0 spiro atoms. The highest BCUT2D eigenvalue weighted by atomic mass is 16.5. The zero-order valence-electron chi connectivity index (χ0n) is 18.9. The van der Waals surface area contributed by atoms with E-state index in [1.54, 1.807) is 6.07 Å². The maximum atomic E-state index is 6.04. The van der Waals surface area contributed by atoms with Gasteiger partial charge in [0.05, 0.1) is 19.3 Å². The van der Waals surface area contributed by atoms with E-state index in [1.807, 2.05) is 88.4 Å². The second-order valence-corrected chi connectivity index (χ2v) is 6.68. The van der Waals surface area contributed by atoms with Gasteiger partial charge in [-0.05, 0) is 63.1 Å². The van der Waals surface area contributed by atoms with Crippen LogP contribution in [-0.4, -0.2) is 23.2 Å². The van der Waals surface area contributed by atoms with Crippen LogP contribution in [0.25, 0.3) is 12.2 Å². The van der Waals surface area contributed by atoms with Gasteiger partial charge in [0.15, 0.2) is 23.0 Å². The highest BCUT2D eigenvalue weighted by Gasteiger charge is 2.12. The lowest BCUT2D eigenvalue weighted by Gasteiger charge is -2.13. The van der Waals surface area contributed by atoms with Gasteiger partial charge < -0.3 is 18.9 Å². The molecule has 0 aliphatic rings. The highest BCUT2D eigenvalue weighted by Crippen LogP contribution is 2.35. The molecule has 0 fully saturated rings. The van der Waals surface area contributed by atoms with Crippen LogP contribution < -0.4 is 18.9 Å². The van der Waals surface area contributed by atoms with Crippen molar-refractivity contribution in [2.45, 2.75) is 27.7 Å². The molecule has 6 heteroatoms. The van der Waals surface area contributed by atoms with Crippen LogP contribution >= 0.6 is 0 Å². The van der Waals surface area contributed by atoms with Gasteiger partial charge in [-0.1, -0.05) is 36.4 Å². The van der Waals surface area contributed by atoms with Gasteiger partial charge in [-0.15, -0.1) is 0 Å². The summed E-state index contributed by atoms with van der Waals surface area (Å²) in [6.07, 6.45) is 9.31. The third-order valence-corrected chi connectivity index (χ3v) is 4.30. The van der Waals surface area contributed by atoms with Crippen LogP contribution in [-0.2, 0) is 0 Å². The average molecular weight is 433 g/mol. The van der Waals surface area contributed by atoms with E-state index in [0.717, 1.165) is 11.1 Å². The van der Waals surface area contributed by atoms with E-state index >= 15 is 0 Å². The second kappa shape index (κ2) is 11.6. The lowest BCUT2D eigenvalue weighted by molar-refractivity contribution is 0.315. The number of benzene rings is 2. The van der Waals surface area contributed by atoms with Crippen molar-refractivity contribution in [3.8, 4) is 34.8 Å². The van der Waals surface area contributed by atoms with Gasteiger partial charge in [0.25, 0.3) is 0 Å². The van der Waals surface area contributed by atoms with Crippen molar-refractivity contribution in [3.05, 3.63) is 72.1 Å². The molecule has 0 unspecified atom stereocenters. The number of rotatable bonds is 10. The molecule has 0 aliphatic heterocycles. The average Bonchev–Trinajstić information content (AvgIpc) is 2.78. The largest absolute Gasteiger partial charge is 0.490 e. The van der Waals surface area contributed by atoms with Crippen molar-refractivity contribution in [2.75, 3.05) is 13.2 Å². The number of ether oxygens (including phenoxy) is 4. The Morgan fingerprint density at radius 3 is 1.53 bits per heavy atom. The van der Waals surface area contributed by atoms with Crippen molar-refractivity contribution in [3.63, 3.8) is 0 Å². The number of aromatic nitrogens is 2. The number of allylic oxidation sites excluding steroid dienone is 2. The highest BCUT2D eigenvalue weighted by molar-refractivity contribution is 5.57. The Hall–Kier alpha value is -3.80. The first-order valence-electron chi connectivity index (χ1n) is 10.6. The van der Waals surface area contributed by atoms with Crippen LogP contribution in [0.3, 0.4) is 0 Å². The predicted molar refractivity (Wildman–Crippen MR) is 127 cm³/mol. The van der Waals surface area contributed by atoms with Crippen LogP contribution in [0.1, 0.15) is 38.8 Å². The molecule has 1 aromatic heterocycles. The normalized spacial score (nSPS) is 11.1. The zero-order valence-corrected chi connectivity index (χ0v) is 18.9. The number of nitrogens with zero attached hydrogens (tertiary/aromatic N) is 2. The summed E-state index contributed by atoms with van der Waals surface area (Å²) in [4.78, 5) is 8.46. The molecule has 3 rings (SSSR count). The second-order valence-electron chi connectivity index (χ2n) is 6.68. The minimum Gasteiger partial charge on any atom is -0.490 e. The van der Waals surface area contributed by atoms with Crippen molar-refractivity contribution < 1.29 is 18.9 Å². The molecule has 0 amide bonds. The summed E-state index contributed by atoms with van der Waals surface area (Å²) in [5.74, 6) is 3.10. The molecule has 0 saturated heterocycles. The Kier molecular flexibility index (Phi) is 8.26. The molecule has 0 bridgehead atoms. The van der Waals surface area contributed by atoms with E-state index in [-0.39, 0.29) is 0 Å². The summed E-state index contributed by atoms with van der Waals surface area (Å²) in [5, 5.41) is 0. The van der Waals surface area contributed by atoms with Crippen molar-refractivity contribution in [1.82, 2.24) is 9.97 Å². The standard InChI is InChI=1S/C26H28N2O4/c1-5-9-19-11-13-21(29-7-3)23(15-19)31-25-17-26(28-18-27-25)32-24-16-20(10-6-2)12-14-22(24)30-8-4/h5-6,9-18H,7-8H2,1-4H3/b9-5+,10-6+. The molecule has 0 aliphatic carbocycles. The van der Waals surface area contributed by atoms with Gasteiger partial charge >= 0.3 is 0 Å². The molecular weight excluding hydrogens is 404 g/mol. The molecule has 0 N–H and O–H groups in total. The molecule has 0 radical (unpaired) electrons. The molecule has 0 saturated carbocycles. The summed E-state index contributed by atoms with van der Waals surface area (Å²) in [6, 6.07) is 13.2. The van der Waals surface area contributed by atoms with Gasteiger partial charge in [-0.3, -0.25) is 0 Å². The third-order valence-electron chi connectivity index (χ3n) is 4.30. The quantitative estimate of drug-likeness (QED) is 0.346. The maximum Gasteiger partial charge on any atom is 0.226 e. The fourth-order valence-electron chi connectivity index (χ4n) is 3.01. The van der Waals surface area contributed by atoms with Gasteiger partial charge in [-0.2, -0.15) is 0 Å². The summed E-state index contributed by atoms with van der Waals surface area (Å²) in [7, 11) is 0. The third kappa shape index (κ3) is 6.11. The summed E-state index contributed by atoms with van der Waals surface area (Å²) < 4.78 is 23.5. The van der Waals surface area contributed by atoms with Crippen molar-refractivity contribution in [1.29, 1.82) is 0 Å². The van der Waals surface area contributed by atoms with Crippen LogP contribution in [0.5, 0.6) is 34.8 Å². The van der Waals surface area contributed by atoms with Crippen molar-refractivity contribution in [2.24, 2.45) is 0 Å². The molecular formula is C26H28N2O4. The molecule has 32 heavy (non-hydrogen) atoms. The lowest BCUT2D eigenvalue weighted by atomic mass is 10.2. The Bertz CT molecular complexity index is 1010. The SMILES string of the molecule is C/C=C/c1ccc(OCC)c(Oc2cc(Oc3cc(/C=C/C)ccc3OCC)ncn2)c1. The minimum absolute atomic E-state index is 0.344. The number of hydrogen-bond acceptors (Lipinski definition) is 6. The van der Waals surface area contributed by atoms with E-state index < -0.39 is 0 Å². The minimum atomic E-state index is 0.344. The molecule has 6 nitrogen and oxygen atoms in total.